The molecule has 0 spiro atoms. The number of carbonyl (C=O) groups excluding carboxylic acids is 1. The van der Waals surface area contributed by atoms with Gasteiger partial charge in [-0.2, -0.15) is 0 Å². The minimum absolute atomic E-state index is 0.0164. The second kappa shape index (κ2) is 5.58. The van der Waals surface area contributed by atoms with Gasteiger partial charge in [0.05, 0.1) is 7.11 Å². The highest BCUT2D eigenvalue weighted by molar-refractivity contribution is 5.79. The fourth-order valence-electron chi connectivity index (χ4n) is 1.19. The largest absolute Gasteiger partial charge is 0.494 e. The summed E-state index contributed by atoms with van der Waals surface area (Å²) in [6.07, 6.45) is -1.19. The Kier molecular flexibility index (Phi) is 4.39. The van der Waals surface area contributed by atoms with Crippen LogP contribution in [-0.2, 0) is 11.3 Å². The molecule has 0 heterocycles. The number of hydrogen-bond acceptors (Lipinski definition) is 3. The first-order valence-electron chi connectivity index (χ1n) is 4.93. The molecule has 1 rings (SSSR count). The van der Waals surface area contributed by atoms with Crippen LogP contribution in [0, 0.1) is 11.6 Å². The molecule has 0 aromatic heterocycles. The molecule has 0 saturated heterocycles. The number of benzene rings is 1. The molecule has 94 valence electrons. The number of aliphatic hydroxyl groups excluding tert-OH is 1. The zero-order valence-electron chi connectivity index (χ0n) is 9.46. The smallest absolute Gasteiger partial charge is 0.248 e. The summed E-state index contributed by atoms with van der Waals surface area (Å²) in [5, 5.41) is 11.2. The van der Waals surface area contributed by atoms with Gasteiger partial charge in [0.25, 0.3) is 0 Å². The van der Waals surface area contributed by atoms with Crippen molar-refractivity contribution in [3.8, 4) is 5.75 Å². The van der Waals surface area contributed by atoms with E-state index < -0.39 is 23.6 Å². The predicted octanol–water partition coefficient (Wildman–Crippen LogP) is 0.970. The van der Waals surface area contributed by atoms with Crippen molar-refractivity contribution in [3.63, 3.8) is 0 Å². The van der Waals surface area contributed by atoms with Crippen molar-refractivity contribution in [2.75, 3.05) is 7.11 Å². The third-order valence-electron chi connectivity index (χ3n) is 2.15. The molecule has 1 aromatic rings. The normalized spacial score (nSPS) is 12.1. The van der Waals surface area contributed by atoms with Gasteiger partial charge >= 0.3 is 0 Å². The molecule has 1 aromatic carbocycles. The van der Waals surface area contributed by atoms with Gasteiger partial charge in [0, 0.05) is 18.2 Å². The van der Waals surface area contributed by atoms with Gasteiger partial charge in [0.2, 0.25) is 5.91 Å². The molecule has 0 radical (unpaired) electrons. The van der Waals surface area contributed by atoms with E-state index in [1.54, 1.807) is 0 Å². The van der Waals surface area contributed by atoms with E-state index in [0.717, 1.165) is 12.1 Å². The summed E-state index contributed by atoms with van der Waals surface area (Å²) in [5.74, 6) is -2.25. The topological polar surface area (TPSA) is 58.6 Å². The Balaban J connectivity index is 2.79. The van der Waals surface area contributed by atoms with E-state index in [0.29, 0.717) is 0 Å². The summed E-state index contributed by atoms with van der Waals surface area (Å²) in [6.45, 7) is 1.08. The average molecular weight is 245 g/mol. The minimum Gasteiger partial charge on any atom is -0.494 e. The van der Waals surface area contributed by atoms with E-state index in [4.69, 9.17) is 5.11 Å². The number of ether oxygens (including phenoxy) is 1. The number of rotatable bonds is 4. The first-order chi connectivity index (χ1) is 7.95. The van der Waals surface area contributed by atoms with Crippen molar-refractivity contribution in [2.24, 2.45) is 0 Å². The quantitative estimate of drug-likeness (QED) is 0.831. The SMILES string of the molecule is COc1cc(F)c(CNC(=O)C(C)O)cc1F. The maximum atomic E-state index is 13.4. The highest BCUT2D eigenvalue weighted by atomic mass is 19.1. The Morgan fingerprint density at radius 2 is 2.12 bits per heavy atom. The van der Waals surface area contributed by atoms with Crippen LogP contribution in [0.5, 0.6) is 5.75 Å². The van der Waals surface area contributed by atoms with Crippen LogP contribution in [0.4, 0.5) is 8.78 Å². The summed E-state index contributed by atoms with van der Waals surface area (Å²) in [7, 11) is 1.23. The van der Waals surface area contributed by atoms with E-state index in [2.05, 4.69) is 10.1 Å². The molecule has 1 unspecified atom stereocenters. The number of nitrogens with one attached hydrogen (secondary N) is 1. The zero-order valence-corrected chi connectivity index (χ0v) is 9.46. The number of hydrogen-bond donors (Lipinski definition) is 2. The second-order valence-electron chi connectivity index (χ2n) is 3.47. The summed E-state index contributed by atoms with van der Waals surface area (Å²) in [4.78, 5) is 11.0. The minimum atomic E-state index is -1.19. The molecule has 1 amide bonds. The highest BCUT2D eigenvalue weighted by Crippen LogP contribution is 2.21. The van der Waals surface area contributed by atoms with Crippen LogP contribution >= 0.6 is 0 Å². The van der Waals surface area contributed by atoms with Crippen LogP contribution < -0.4 is 10.1 Å². The third-order valence-corrected chi connectivity index (χ3v) is 2.15. The molecule has 2 N–H and O–H groups in total. The van der Waals surface area contributed by atoms with Crippen LogP contribution in [-0.4, -0.2) is 24.2 Å². The molecule has 4 nitrogen and oxygen atoms in total. The lowest BCUT2D eigenvalue weighted by molar-refractivity contribution is -0.128. The van der Waals surface area contributed by atoms with Gasteiger partial charge < -0.3 is 15.2 Å². The molecule has 0 saturated carbocycles. The maximum Gasteiger partial charge on any atom is 0.248 e. The molecular weight excluding hydrogens is 232 g/mol. The number of halogens is 2. The fourth-order valence-corrected chi connectivity index (χ4v) is 1.19. The highest BCUT2D eigenvalue weighted by Gasteiger charge is 2.13. The number of methoxy groups -OCH3 is 1. The molecular formula is C11H13F2NO3. The number of aliphatic hydroxyl groups is 1. The lowest BCUT2D eigenvalue weighted by Gasteiger charge is -2.09. The molecule has 0 aliphatic rings. The van der Waals surface area contributed by atoms with E-state index in [-0.39, 0.29) is 17.9 Å². The Hall–Kier alpha value is -1.69. The van der Waals surface area contributed by atoms with Gasteiger partial charge in [0.1, 0.15) is 11.9 Å². The predicted molar refractivity (Wildman–Crippen MR) is 56.4 cm³/mol. The van der Waals surface area contributed by atoms with E-state index >= 15 is 0 Å². The molecule has 0 aliphatic carbocycles. The summed E-state index contributed by atoms with van der Waals surface area (Å²) < 4.78 is 31.3. The van der Waals surface area contributed by atoms with Crippen LogP contribution in [0.15, 0.2) is 12.1 Å². The third kappa shape index (κ3) is 3.39. The summed E-state index contributed by atoms with van der Waals surface area (Å²) >= 11 is 0. The molecule has 1 atom stereocenters. The monoisotopic (exact) mass is 245 g/mol. The van der Waals surface area contributed by atoms with Gasteiger partial charge in [-0.1, -0.05) is 0 Å². The Labute approximate surface area is 97.2 Å². The van der Waals surface area contributed by atoms with Crippen molar-refractivity contribution < 1.29 is 23.4 Å². The standard InChI is InChI=1S/C11H13F2NO3/c1-6(15)11(16)14-5-7-3-9(13)10(17-2)4-8(7)12/h3-4,6,15H,5H2,1-2H3,(H,14,16). The van der Waals surface area contributed by atoms with Gasteiger partial charge in [-0.3, -0.25) is 4.79 Å². The number of carbonyl (C=O) groups is 1. The lowest BCUT2D eigenvalue weighted by Crippen LogP contribution is -2.32. The molecule has 0 aliphatic heterocycles. The first-order valence-corrected chi connectivity index (χ1v) is 4.93. The molecule has 17 heavy (non-hydrogen) atoms. The Bertz CT molecular complexity index is 421. The molecule has 0 fully saturated rings. The van der Waals surface area contributed by atoms with Crippen LogP contribution in [0.25, 0.3) is 0 Å². The van der Waals surface area contributed by atoms with Gasteiger partial charge in [-0.15, -0.1) is 0 Å². The summed E-state index contributed by atoms with van der Waals surface area (Å²) in [6, 6.07) is 1.84. The first kappa shape index (κ1) is 13.4. The number of amides is 1. The lowest BCUT2D eigenvalue weighted by atomic mass is 10.2. The molecule has 6 heteroatoms. The van der Waals surface area contributed by atoms with Crippen LogP contribution in [0.3, 0.4) is 0 Å². The van der Waals surface area contributed by atoms with E-state index in [9.17, 15) is 13.6 Å². The van der Waals surface area contributed by atoms with Gasteiger partial charge in [0.15, 0.2) is 11.6 Å². The molecule has 0 bridgehead atoms. The van der Waals surface area contributed by atoms with Crippen LogP contribution in [0.1, 0.15) is 12.5 Å². The van der Waals surface area contributed by atoms with Crippen molar-refractivity contribution in [2.45, 2.75) is 19.6 Å². The van der Waals surface area contributed by atoms with Crippen molar-refractivity contribution in [1.82, 2.24) is 5.32 Å². The van der Waals surface area contributed by atoms with Crippen LogP contribution in [0.2, 0.25) is 0 Å². The van der Waals surface area contributed by atoms with Crippen molar-refractivity contribution >= 4 is 5.91 Å². The van der Waals surface area contributed by atoms with Crippen molar-refractivity contribution in [3.05, 3.63) is 29.3 Å². The van der Waals surface area contributed by atoms with Gasteiger partial charge in [-0.25, -0.2) is 8.78 Å². The fraction of sp³-hybridized carbons (Fsp3) is 0.364. The van der Waals surface area contributed by atoms with E-state index in [1.807, 2.05) is 0 Å². The Morgan fingerprint density at radius 1 is 1.47 bits per heavy atom. The maximum absolute atomic E-state index is 13.4. The van der Waals surface area contributed by atoms with Crippen molar-refractivity contribution in [1.29, 1.82) is 0 Å². The Morgan fingerprint density at radius 3 is 2.65 bits per heavy atom. The van der Waals surface area contributed by atoms with Gasteiger partial charge in [-0.05, 0) is 13.0 Å². The second-order valence-corrected chi connectivity index (χ2v) is 3.47. The van der Waals surface area contributed by atoms with E-state index in [1.165, 1.54) is 14.0 Å². The zero-order chi connectivity index (χ0) is 13.0. The summed E-state index contributed by atoms with van der Waals surface area (Å²) in [5.41, 5.74) is -0.0164. The average Bonchev–Trinajstić information content (AvgIpc) is 2.29.